The number of nitrogens with zero attached hydrogens (tertiary/aromatic N) is 1. The van der Waals surface area contributed by atoms with Gasteiger partial charge in [0.1, 0.15) is 0 Å². The number of quaternary nitrogens is 1. The molecule has 0 N–H and O–H groups in total. The predicted molar refractivity (Wildman–Crippen MR) is 65.6 cm³/mol. The van der Waals surface area contributed by atoms with E-state index in [1.54, 1.807) is 20.9 Å². The number of hydrogen-bond acceptors (Lipinski definition) is 2. The van der Waals surface area contributed by atoms with Gasteiger partial charge in [-0.3, -0.25) is 0 Å². The maximum atomic E-state index is 12.7. The zero-order valence-electron chi connectivity index (χ0n) is 11.4. The summed E-state index contributed by atoms with van der Waals surface area (Å²) in [4.78, 5) is 0. The number of sulfone groups is 1. The highest BCUT2D eigenvalue weighted by atomic mass is 32.2. The van der Waals surface area contributed by atoms with Gasteiger partial charge < -0.3 is 4.48 Å². The summed E-state index contributed by atoms with van der Waals surface area (Å²) in [6, 6.07) is 0. The van der Waals surface area contributed by atoms with Gasteiger partial charge >= 0.3 is 15.3 Å². The molecule has 3 nitrogen and oxygen atoms in total. The maximum Gasteiger partial charge on any atom is 0.503 e. The van der Waals surface area contributed by atoms with Crippen LogP contribution in [0.15, 0.2) is 0 Å². The molecule has 0 heterocycles. The Bertz CT molecular complexity index is 348. The van der Waals surface area contributed by atoms with Gasteiger partial charge in [-0.25, -0.2) is 8.42 Å². The second-order valence-electron chi connectivity index (χ2n) is 4.70. The Labute approximate surface area is 107 Å². The predicted octanol–water partition coefficient (Wildman–Crippen LogP) is 2.92. The van der Waals surface area contributed by atoms with Gasteiger partial charge in [-0.05, 0) is 20.3 Å². The minimum Gasteiger partial charge on any atom is -0.311 e. The molecule has 0 aromatic heterocycles. The van der Waals surface area contributed by atoms with Gasteiger partial charge in [0.05, 0.1) is 20.1 Å². The van der Waals surface area contributed by atoms with E-state index in [-0.39, 0.29) is 10.9 Å². The second-order valence-corrected chi connectivity index (χ2v) is 6.80. The molecular formula is C11H23F3NO2S+. The molecule has 7 heteroatoms. The van der Waals surface area contributed by atoms with E-state index >= 15 is 0 Å². The van der Waals surface area contributed by atoms with E-state index in [1.165, 1.54) is 0 Å². The number of unbranched alkanes of at least 4 members (excludes halogenated alkanes) is 1. The van der Waals surface area contributed by atoms with Crippen LogP contribution in [-0.4, -0.2) is 43.9 Å². The van der Waals surface area contributed by atoms with Crippen molar-refractivity contribution in [3.8, 4) is 0 Å². The third kappa shape index (κ3) is 3.60. The van der Waals surface area contributed by atoms with Crippen molar-refractivity contribution in [2.24, 2.45) is 0 Å². The minimum atomic E-state index is -5.17. The minimum absolute atomic E-state index is 0.0521. The van der Waals surface area contributed by atoms with Crippen LogP contribution in [-0.2, 0) is 9.84 Å². The smallest absolute Gasteiger partial charge is 0.311 e. The van der Waals surface area contributed by atoms with Crippen LogP contribution in [0.1, 0.15) is 40.0 Å². The third-order valence-electron chi connectivity index (χ3n) is 3.63. The van der Waals surface area contributed by atoms with Gasteiger partial charge in [0.25, 0.3) is 0 Å². The van der Waals surface area contributed by atoms with Crippen LogP contribution in [0.2, 0.25) is 0 Å². The quantitative estimate of drug-likeness (QED) is 0.676. The fraction of sp³-hybridized carbons (Fsp3) is 1.00. The fourth-order valence-electron chi connectivity index (χ4n) is 1.97. The third-order valence-corrected chi connectivity index (χ3v) is 5.73. The molecule has 0 fully saturated rings. The molecule has 0 spiro atoms. The molecule has 0 aromatic rings. The monoisotopic (exact) mass is 290 g/mol. The summed E-state index contributed by atoms with van der Waals surface area (Å²) < 4.78 is 61.4. The summed E-state index contributed by atoms with van der Waals surface area (Å²) in [5.41, 5.74) is -5.17. The van der Waals surface area contributed by atoms with Crippen LogP contribution in [0.3, 0.4) is 0 Å². The summed E-state index contributed by atoms with van der Waals surface area (Å²) in [7, 11) is -3.55. The highest BCUT2D eigenvalue weighted by molar-refractivity contribution is 7.92. The molecule has 1 unspecified atom stereocenters. The van der Waals surface area contributed by atoms with Crippen molar-refractivity contribution in [2.45, 2.75) is 50.9 Å². The molecule has 1 atom stereocenters. The lowest BCUT2D eigenvalue weighted by Crippen LogP contribution is -2.58. The first-order chi connectivity index (χ1) is 8.06. The Balaban J connectivity index is 5.51. The van der Waals surface area contributed by atoms with Crippen LogP contribution in [0.5, 0.6) is 0 Å². The Morgan fingerprint density at radius 3 is 1.83 bits per heavy atom. The van der Waals surface area contributed by atoms with Gasteiger partial charge in [-0.1, -0.05) is 13.3 Å². The molecule has 0 aromatic carbocycles. The molecule has 0 aliphatic heterocycles. The topological polar surface area (TPSA) is 34.1 Å². The van der Waals surface area contributed by atoms with Gasteiger partial charge in [-0.2, -0.15) is 13.2 Å². The first-order valence-electron chi connectivity index (χ1n) is 6.21. The molecule has 0 aliphatic carbocycles. The average molecular weight is 290 g/mol. The molecule has 0 saturated carbocycles. The van der Waals surface area contributed by atoms with Gasteiger partial charge in [0.15, 0.2) is 5.37 Å². The summed E-state index contributed by atoms with van der Waals surface area (Å²) in [6.45, 7) is 5.99. The van der Waals surface area contributed by atoms with Crippen molar-refractivity contribution in [3.63, 3.8) is 0 Å². The van der Waals surface area contributed by atoms with E-state index in [0.29, 0.717) is 25.9 Å². The molecule has 0 saturated heterocycles. The van der Waals surface area contributed by atoms with Crippen molar-refractivity contribution in [1.82, 2.24) is 0 Å². The van der Waals surface area contributed by atoms with Crippen LogP contribution in [0.4, 0.5) is 13.2 Å². The van der Waals surface area contributed by atoms with Crippen LogP contribution >= 0.6 is 0 Å². The number of hydrogen-bond donors (Lipinski definition) is 0. The Hall–Kier alpha value is -0.300. The van der Waals surface area contributed by atoms with Gasteiger partial charge in [0, 0.05) is 6.42 Å². The van der Waals surface area contributed by atoms with Crippen molar-refractivity contribution < 1.29 is 26.1 Å². The van der Waals surface area contributed by atoms with E-state index in [2.05, 4.69) is 0 Å². The molecule has 110 valence electrons. The zero-order valence-corrected chi connectivity index (χ0v) is 12.2. The van der Waals surface area contributed by atoms with E-state index in [0.717, 1.165) is 0 Å². The normalized spacial score (nSPS) is 15.7. The van der Waals surface area contributed by atoms with Crippen LogP contribution in [0, 0.1) is 0 Å². The van der Waals surface area contributed by atoms with E-state index in [1.807, 2.05) is 6.92 Å². The first kappa shape index (κ1) is 17.7. The van der Waals surface area contributed by atoms with E-state index in [9.17, 15) is 21.6 Å². The number of halogens is 3. The van der Waals surface area contributed by atoms with Crippen molar-refractivity contribution >= 4 is 9.84 Å². The lowest BCUT2D eigenvalue weighted by Gasteiger charge is -2.39. The lowest BCUT2D eigenvalue weighted by atomic mass is 10.2. The van der Waals surface area contributed by atoms with E-state index in [4.69, 9.17) is 0 Å². The zero-order chi connectivity index (χ0) is 14.6. The standard InChI is InChI=1S/C11H23F3NO2S/c1-5-8-9-10(15(4,6-2)7-3)18(16,17)11(12,13)14/h10H,5-9H2,1-4H3/q+1. The fourth-order valence-corrected chi connectivity index (χ4v) is 3.72. The lowest BCUT2D eigenvalue weighted by molar-refractivity contribution is -0.917. The van der Waals surface area contributed by atoms with E-state index < -0.39 is 20.7 Å². The van der Waals surface area contributed by atoms with Crippen molar-refractivity contribution in [2.75, 3.05) is 20.1 Å². The Morgan fingerprint density at radius 2 is 1.56 bits per heavy atom. The average Bonchev–Trinajstić information content (AvgIpc) is 2.27. The largest absolute Gasteiger partial charge is 0.503 e. The molecule has 0 radical (unpaired) electrons. The van der Waals surface area contributed by atoms with Crippen molar-refractivity contribution in [3.05, 3.63) is 0 Å². The molecule has 0 aliphatic rings. The Morgan fingerprint density at radius 1 is 1.11 bits per heavy atom. The molecular weight excluding hydrogens is 267 g/mol. The van der Waals surface area contributed by atoms with Crippen LogP contribution in [0.25, 0.3) is 0 Å². The van der Waals surface area contributed by atoms with Gasteiger partial charge in [0.2, 0.25) is 0 Å². The summed E-state index contributed by atoms with van der Waals surface area (Å²) in [5.74, 6) is 0. The number of rotatable bonds is 7. The molecule has 18 heavy (non-hydrogen) atoms. The van der Waals surface area contributed by atoms with Crippen LogP contribution < -0.4 is 0 Å². The maximum absolute atomic E-state index is 12.7. The number of alkyl halides is 3. The molecule has 0 amide bonds. The highest BCUT2D eigenvalue weighted by Crippen LogP contribution is 2.33. The summed E-state index contributed by atoms with van der Waals surface area (Å²) in [5, 5.41) is -1.40. The molecule has 0 bridgehead atoms. The highest BCUT2D eigenvalue weighted by Gasteiger charge is 2.56. The first-order valence-corrected chi connectivity index (χ1v) is 7.75. The molecule has 0 rings (SSSR count). The SMILES string of the molecule is CCCCC([N+](C)(CC)CC)S(=O)(=O)C(F)(F)F. The second kappa shape index (κ2) is 6.23. The Kier molecular flexibility index (Phi) is 6.13. The summed E-state index contributed by atoms with van der Waals surface area (Å²) >= 11 is 0. The van der Waals surface area contributed by atoms with Gasteiger partial charge in [-0.15, -0.1) is 0 Å². The summed E-state index contributed by atoms with van der Waals surface area (Å²) in [6.07, 6.45) is 1.21. The van der Waals surface area contributed by atoms with Crippen molar-refractivity contribution in [1.29, 1.82) is 0 Å².